The maximum absolute atomic E-state index is 6.36. The van der Waals surface area contributed by atoms with Crippen LogP contribution >= 0.6 is 11.6 Å². The van der Waals surface area contributed by atoms with Crippen LogP contribution in [0.4, 0.5) is 11.6 Å². The Bertz CT molecular complexity index is 4040. The van der Waals surface area contributed by atoms with E-state index in [-0.39, 0.29) is 11.2 Å². The van der Waals surface area contributed by atoms with Crippen LogP contribution in [0.3, 0.4) is 0 Å². The Morgan fingerprint density at radius 2 is 0.917 bits per heavy atom. The number of ether oxygens (including phenoxy) is 5. The highest BCUT2D eigenvalue weighted by Crippen LogP contribution is 2.50. The average molecular weight is 1580 g/mol. The molecule has 0 aromatic carbocycles. The topological polar surface area (TPSA) is 187 Å². The maximum Gasteiger partial charge on any atom is 0.516 e. The quantitative estimate of drug-likeness (QED) is 0.0163. The molecular formula is C81H129BClN13O7Si5. The van der Waals surface area contributed by atoms with Crippen LogP contribution < -0.4 is 15.4 Å². The fourth-order valence-corrected chi connectivity index (χ4v) is 19.0. The molecule has 4 aliphatic carbocycles. The molecule has 7 aromatic heterocycles. The minimum absolute atomic E-state index is 0.338. The molecule has 0 radical (unpaired) electrons. The van der Waals surface area contributed by atoms with E-state index in [1.807, 2.05) is 92.0 Å². The summed E-state index contributed by atoms with van der Waals surface area (Å²) in [4.78, 5) is 28.8. The highest BCUT2D eigenvalue weighted by molar-refractivity contribution is 6.77. The van der Waals surface area contributed by atoms with E-state index in [9.17, 15) is 0 Å². The Hall–Kier alpha value is -5.08. The minimum Gasteiger partial charge on any atom is -0.398 e. The first kappa shape index (κ1) is 83.8. The maximum atomic E-state index is 6.36. The molecule has 108 heavy (non-hydrogen) atoms. The lowest BCUT2D eigenvalue weighted by Crippen LogP contribution is -2.41. The second kappa shape index (κ2) is 36.0. The van der Waals surface area contributed by atoms with Crippen molar-refractivity contribution < 1.29 is 33.0 Å². The van der Waals surface area contributed by atoms with E-state index in [1.54, 1.807) is 4.68 Å². The van der Waals surface area contributed by atoms with Gasteiger partial charge in [0.05, 0.1) is 47.1 Å². The molecule has 27 heteroatoms. The van der Waals surface area contributed by atoms with Crippen molar-refractivity contribution in [3.05, 3.63) is 108 Å². The molecule has 4 atom stereocenters. The highest BCUT2D eigenvalue weighted by Gasteiger charge is 2.53. The number of anilines is 2. The third-order valence-electron chi connectivity index (χ3n) is 22.6. The third kappa shape index (κ3) is 23.8. The molecule has 0 N–H and O–H groups in total. The smallest absolute Gasteiger partial charge is 0.398 e. The molecule has 1 saturated heterocycles. The van der Waals surface area contributed by atoms with Crippen LogP contribution in [0.5, 0.6) is 0 Å². The zero-order chi connectivity index (χ0) is 77.4. The number of aliphatic imine (C=N–C) groups is 1. The van der Waals surface area contributed by atoms with Gasteiger partial charge in [-0.1, -0.05) is 148 Å². The van der Waals surface area contributed by atoms with E-state index in [0.717, 1.165) is 150 Å². The Labute approximate surface area is 656 Å². The van der Waals surface area contributed by atoms with E-state index in [1.165, 1.54) is 81.6 Å². The molecule has 7 aromatic rings. The average Bonchev–Trinajstić information content (AvgIpc) is 1.55. The van der Waals surface area contributed by atoms with Crippen LogP contribution in [0.25, 0.3) is 33.5 Å². The van der Waals surface area contributed by atoms with Crippen LogP contribution in [0.1, 0.15) is 121 Å². The van der Waals surface area contributed by atoms with Crippen LogP contribution in [0, 0.1) is 23.7 Å². The molecule has 13 rings (SSSR count). The number of pyridine rings is 2. The van der Waals surface area contributed by atoms with Crippen LogP contribution in [-0.2, 0) is 39.7 Å². The van der Waals surface area contributed by atoms with Gasteiger partial charge in [0.2, 0.25) is 0 Å². The lowest BCUT2D eigenvalue weighted by Gasteiger charge is -2.32. The second-order valence-electron chi connectivity index (χ2n) is 38.7. The molecule has 0 spiro atoms. The fourth-order valence-electron chi connectivity index (χ4n) is 15.1. The number of hydrogen-bond donors (Lipinski definition) is 0. The van der Waals surface area contributed by atoms with Crippen molar-refractivity contribution in [2.45, 2.75) is 250 Å². The molecule has 2 aliphatic heterocycles. The number of hydrogen-bond acceptors (Lipinski definition) is 17. The van der Waals surface area contributed by atoms with Gasteiger partial charge in [-0.25, -0.2) is 19.6 Å². The Morgan fingerprint density at radius 1 is 0.509 bits per heavy atom. The lowest BCUT2D eigenvalue weighted by molar-refractivity contribution is 0.00578. The van der Waals surface area contributed by atoms with E-state index >= 15 is 0 Å². The van der Waals surface area contributed by atoms with E-state index in [4.69, 9.17) is 69.7 Å². The van der Waals surface area contributed by atoms with E-state index in [0.29, 0.717) is 50.6 Å². The Balaban J connectivity index is 0.000000170. The molecule has 4 saturated carbocycles. The molecule has 5 fully saturated rings. The lowest BCUT2D eigenvalue weighted by atomic mass is 9.79. The molecule has 4 unspecified atom stereocenters. The number of halogens is 1. The van der Waals surface area contributed by atoms with Crippen molar-refractivity contribution in [3.8, 4) is 22.3 Å². The first-order chi connectivity index (χ1) is 51.0. The monoisotopic (exact) mass is 1580 g/mol. The largest absolute Gasteiger partial charge is 0.516 e. The van der Waals surface area contributed by atoms with E-state index < -0.39 is 47.5 Å². The molecule has 0 amide bonds. The summed E-state index contributed by atoms with van der Waals surface area (Å²) in [5.41, 5.74) is 9.99. The molecule has 20 nitrogen and oxygen atoms in total. The standard InChI is InChI=1S/C35H52N6O2Si2.C31H48ClN5O2Si2.C15H29BN2O3Si/c1-44(2,3)16-14-42-24-40(25-43-15-17-45(4,5)6)34-21-33(29-19-26-9-10-27(18-26)20-29)39-35-30(23-38-41(34)35)28-11-12-32(37-22-28)31-8-7-13-36-31;1-40(2,3)13-11-38-21-36(22-39-12-14-41(4,5)6)30-18-28(26-16-23-7-8-24(15-23)17-26)35-31-27(20-34-37(30)31)25-9-10-29(32)33-19-25;1-14(2)15(3,4)21-16(20-14)13-8-9-18(17-13)12-19-10-11-22(5,6)7/h7-8,11-12,21-23,26-27,29H,9-10,13-20,24-25H2,1-6H3;9-10,18-20,23-24,26H,7-8,11-17,21-22H2,1-6H3;8-9H,10-12H2,1-7H3. The van der Waals surface area contributed by atoms with Gasteiger partial charge in [-0.05, 0) is 150 Å². The van der Waals surface area contributed by atoms with Crippen molar-refractivity contribution in [1.82, 2.24) is 48.9 Å². The predicted molar refractivity (Wildman–Crippen MR) is 456 cm³/mol. The number of rotatable bonds is 33. The zero-order valence-corrected chi connectivity index (χ0v) is 74.8. The summed E-state index contributed by atoms with van der Waals surface area (Å²) in [6, 6.07) is 20.2. The van der Waals surface area contributed by atoms with Gasteiger partial charge >= 0.3 is 7.12 Å². The summed E-state index contributed by atoms with van der Waals surface area (Å²) in [5, 5.41) is 14.8. The number of nitrogens with zero attached hydrogens (tertiary/aromatic N) is 13. The summed E-state index contributed by atoms with van der Waals surface area (Å²) in [7, 11) is -6.25. The van der Waals surface area contributed by atoms with Crippen molar-refractivity contribution >= 4 is 93.3 Å². The fraction of sp³-hybridized carbons (Fsp3) is 0.654. The summed E-state index contributed by atoms with van der Waals surface area (Å²) in [5.74, 6) is 6.24. The summed E-state index contributed by atoms with van der Waals surface area (Å²) >= 11 is 6.12. The summed E-state index contributed by atoms with van der Waals surface area (Å²) in [6.45, 7) is 50.8. The Kier molecular flexibility index (Phi) is 27.9. The van der Waals surface area contributed by atoms with Gasteiger partial charge in [0.1, 0.15) is 50.4 Å². The molecule has 4 bridgehead atoms. The van der Waals surface area contributed by atoms with Crippen molar-refractivity contribution in [3.63, 3.8) is 0 Å². The first-order valence-electron chi connectivity index (χ1n) is 40.3. The summed E-state index contributed by atoms with van der Waals surface area (Å²) in [6.07, 6.45) is 26.8. The summed E-state index contributed by atoms with van der Waals surface area (Å²) < 4.78 is 48.8. The highest BCUT2D eigenvalue weighted by atomic mass is 35.5. The number of allylic oxidation sites excluding steroid dienone is 1. The normalized spacial score (nSPS) is 21.2. The van der Waals surface area contributed by atoms with Crippen molar-refractivity contribution in [2.24, 2.45) is 28.7 Å². The van der Waals surface area contributed by atoms with Gasteiger partial charge < -0.3 is 42.8 Å². The van der Waals surface area contributed by atoms with Crippen LogP contribution in [0.2, 0.25) is 134 Å². The van der Waals surface area contributed by atoms with Gasteiger partial charge in [0.15, 0.2) is 11.3 Å². The molecule has 9 heterocycles. The molecule has 590 valence electrons. The predicted octanol–water partition coefficient (Wildman–Crippen LogP) is 18.5. The van der Waals surface area contributed by atoms with Crippen LogP contribution in [0.15, 0.2) is 90.6 Å². The van der Waals surface area contributed by atoms with Gasteiger partial charge in [-0.2, -0.15) is 24.3 Å². The SMILES string of the molecule is CC1(C)OB(c2ccn(COCC[Si](C)(C)C)n2)OC1(C)C.C[Si](C)(C)CCOCN(COCC[Si](C)(C)C)c1cc(C2CC3CCC(C3)C2)nc2c(-c3ccc(C4=NCC=C4)nc3)cnn12.C[Si](C)(C)CCOCN(COCC[Si](C)(C)C)c1cc(C2CC3CCC(C3)C2)nc2c(-c3ccc(Cl)nc3)cnn12. The molecule has 6 aliphatic rings. The third-order valence-corrected chi connectivity index (χ3v) is 31.3. The Morgan fingerprint density at radius 3 is 1.29 bits per heavy atom. The number of aromatic nitrogens is 10. The van der Waals surface area contributed by atoms with Gasteiger partial charge in [-0.3, -0.25) is 9.98 Å². The number of fused-ring (bicyclic) bond motifs is 6. The van der Waals surface area contributed by atoms with E-state index in [2.05, 4.69) is 153 Å². The second-order valence-corrected chi connectivity index (χ2v) is 67.2. The van der Waals surface area contributed by atoms with Crippen molar-refractivity contribution in [1.29, 1.82) is 0 Å². The molecular weight excluding hydrogens is 1450 g/mol. The van der Waals surface area contributed by atoms with Crippen LogP contribution in [-0.4, -0.2) is 180 Å². The zero-order valence-electron chi connectivity index (χ0n) is 69.1. The van der Waals surface area contributed by atoms with Gasteiger partial charge in [0.25, 0.3) is 0 Å². The van der Waals surface area contributed by atoms with Crippen molar-refractivity contribution in [2.75, 3.05) is 76.3 Å². The van der Waals surface area contributed by atoms with Gasteiger partial charge in [0, 0.05) is 150 Å². The first-order valence-corrected chi connectivity index (χ1v) is 59.2. The minimum atomic E-state index is -1.20. The van der Waals surface area contributed by atoms with Gasteiger partial charge in [-0.15, -0.1) is 0 Å².